The van der Waals surface area contributed by atoms with E-state index in [0.29, 0.717) is 28.4 Å². The summed E-state index contributed by atoms with van der Waals surface area (Å²) in [6.45, 7) is 2.79. The van der Waals surface area contributed by atoms with Crippen LogP contribution in [0.5, 0.6) is 5.75 Å². The third-order valence-electron chi connectivity index (χ3n) is 2.78. The van der Waals surface area contributed by atoms with Gasteiger partial charge in [0, 0.05) is 23.7 Å². The zero-order chi connectivity index (χ0) is 15.0. The predicted octanol–water partition coefficient (Wildman–Crippen LogP) is 3.46. The van der Waals surface area contributed by atoms with Crippen LogP contribution in [0, 0.1) is 0 Å². The molecule has 0 aliphatic heterocycles. The lowest BCUT2D eigenvalue weighted by Crippen LogP contribution is -2.36. The Hall–Kier alpha value is -0.130. The summed E-state index contributed by atoms with van der Waals surface area (Å²) in [4.78, 5) is 0. The highest BCUT2D eigenvalue weighted by Crippen LogP contribution is 2.27. The summed E-state index contributed by atoms with van der Waals surface area (Å²) >= 11 is 13.7. The van der Waals surface area contributed by atoms with E-state index in [1.807, 2.05) is 11.8 Å². The lowest BCUT2D eigenvalue weighted by molar-refractivity contribution is 0.104. The molecule has 0 fully saturated rings. The molecule has 2 unspecified atom stereocenters. The van der Waals surface area contributed by atoms with Crippen LogP contribution in [-0.4, -0.2) is 42.4 Å². The van der Waals surface area contributed by atoms with Crippen LogP contribution in [0.25, 0.3) is 0 Å². The first-order valence-electron chi connectivity index (χ1n) is 6.51. The Bertz CT molecular complexity index is 407. The van der Waals surface area contributed by atoms with E-state index in [9.17, 15) is 5.11 Å². The highest BCUT2D eigenvalue weighted by molar-refractivity contribution is 7.98. The van der Waals surface area contributed by atoms with Crippen LogP contribution < -0.4 is 10.1 Å². The van der Waals surface area contributed by atoms with Crippen molar-refractivity contribution < 1.29 is 9.84 Å². The van der Waals surface area contributed by atoms with Crippen molar-refractivity contribution in [3.05, 3.63) is 28.2 Å². The van der Waals surface area contributed by atoms with Crippen molar-refractivity contribution in [2.45, 2.75) is 25.5 Å². The zero-order valence-corrected chi connectivity index (χ0v) is 14.1. The van der Waals surface area contributed by atoms with Crippen molar-refractivity contribution in [1.29, 1.82) is 0 Å². The van der Waals surface area contributed by atoms with Crippen LogP contribution in [0.15, 0.2) is 18.2 Å². The largest absolute Gasteiger partial charge is 0.489 e. The van der Waals surface area contributed by atoms with Crippen LogP contribution in [0.2, 0.25) is 10.0 Å². The lowest BCUT2D eigenvalue weighted by atomic mass is 10.2. The smallest absolute Gasteiger partial charge is 0.139 e. The fourth-order valence-electron chi connectivity index (χ4n) is 1.57. The zero-order valence-electron chi connectivity index (χ0n) is 11.7. The SMILES string of the molecule is CSCCC(C)NCC(O)COc1cc(Cl)ccc1Cl. The number of hydrogen-bond donors (Lipinski definition) is 2. The van der Waals surface area contributed by atoms with Gasteiger partial charge in [0.15, 0.2) is 0 Å². The van der Waals surface area contributed by atoms with Gasteiger partial charge in [-0.1, -0.05) is 23.2 Å². The summed E-state index contributed by atoms with van der Waals surface area (Å²) in [5.41, 5.74) is 0. The fourth-order valence-corrected chi connectivity index (χ4v) is 2.49. The third-order valence-corrected chi connectivity index (χ3v) is 3.97. The van der Waals surface area contributed by atoms with E-state index in [1.54, 1.807) is 18.2 Å². The van der Waals surface area contributed by atoms with Crippen LogP contribution in [-0.2, 0) is 0 Å². The predicted molar refractivity (Wildman–Crippen MR) is 88.4 cm³/mol. The molecule has 2 N–H and O–H groups in total. The molecule has 0 aliphatic carbocycles. The molecule has 0 amide bonds. The summed E-state index contributed by atoms with van der Waals surface area (Å²) in [6, 6.07) is 5.40. The second-order valence-corrected chi connectivity index (χ2v) is 6.46. The van der Waals surface area contributed by atoms with Crippen LogP contribution in [0.3, 0.4) is 0 Å². The third kappa shape index (κ3) is 7.04. The molecule has 1 aromatic rings. The van der Waals surface area contributed by atoms with E-state index >= 15 is 0 Å². The summed E-state index contributed by atoms with van der Waals surface area (Å²) in [7, 11) is 0. The summed E-state index contributed by atoms with van der Waals surface area (Å²) in [6.07, 6.45) is 2.58. The number of ether oxygens (including phenoxy) is 1. The molecule has 0 bridgehead atoms. The van der Waals surface area contributed by atoms with Crippen molar-refractivity contribution in [2.75, 3.05) is 25.2 Å². The monoisotopic (exact) mass is 337 g/mol. The first-order valence-corrected chi connectivity index (χ1v) is 8.66. The number of rotatable bonds is 9. The molecule has 0 heterocycles. The van der Waals surface area contributed by atoms with Gasteiger partial charge >= 0.3 is 0 Å². The van der Waals surface area contributed by atoms with Crippen molar-refractivity contribution in [3.8, 4) is 5.75 Å². The lowest BCUT2D eigenvalue weighted by Gasteiger charge is -2.17. The summed E-state index contributed by atoms with van der Waals surface area (Å²) < 4.78 is 5.48. The standard InChI is InChI=1S/C14H21Cl2NO2S/c1-10(5-6-20-2)17-8-12(18)9-19-14-7-11(15)3-4-13(14)16/h3-4,7,10,12,17-18H,5-6,8-9H2,1-2H3. The van der Waals surface area contributed by atoms with Gasteiger partial charge in [0.05, 0.1) is 5.02 Å². The molecule has 0 saturated heterocycles. The van der Waals surface area contributed by atoms with Gasteiger partial charge in [0.2, 0.25) is 0 Å². The Morgan fingerprint density at radius 3 is 2.85 bits per heavy atom. The molecule has 0 aliphatic rings. The van der Waals surface area contributed by atoms with E-state index in [1.165, 1.54) is 0 Å². The van der Waals surface area contributed by atoms with Gasteiger partial charge < -0.3 is 15.2 Å². The van der Waals surface area contributed by atoms with E-state index in [0.717, 1.165) is 12.2 Å². The molecular weight excluding hydrogens is 317 g/mol. The molecule has 6 heteroatoms. The average Bonchev–Trinajstić information content (AvgIpc) is 2.43. The molecule has 3 nitrogen and oxygen atoms in total. The first-order chi connectivity index (χ1) is 9.52. The topological polar surface area (TPSA) is 41.5 Å². The molecule has 1 rings (SSSR count). The second kappa shape index (κ2) is 9.74. The molecular formula is C14H21Cl2NO2S. The van der Waals surface area contributed by atoms with Crippen molar-refractivity contribution >= 4 is 35.0 Å². The van der Waals surface area contributed by atoms with Gasteiger partial charge in [0.25, 0.3) is 0 Å². The Kier molecular flexibility index (Phi) is 8.73. The molecule has 1 aromatic carbocycles. The second-order valence-electron chi connectivity index (χ2n) is 4.63. The Morgan fingerprint density at radius 2 is 2.15 bits per heavy atom. The Labute approximate surface area is 135 Å². The minimum absolute atomic E-state index is 0.183. The summed E-state index contributed by atoms with van der Waals surface area (Å²) in [5, 5.41) is 14.2. The van der Waals surface area contributed by atoms with E-state index in [4.69, 9.17) is 27.9 Å². The number of halogens is 2. The quantitative estimate of drug-likeness (QED) is 0.724. The molecule has 0 spiro atoms. The van der Waals surface area contributed by atoms with Crippen molar-refractivity contribution in [2.24, 2.45) is 0 Å². The van der Waals surface area contributed by atoms with Crippen molar-refractivity contribution in [1.82, 2.24) is 5.32 Å². The Morgan fingerprint density at radius 1 is 1.40 bits per heavy atom. The highest BCUT2D eigenvalue weighted by atomic mass is 35.5. The average molecular weight is 338 g/mol. The number of aliphatic hydroxyl groups excluding tert-OH is 1. The number of benzene rings is 1. The van der Waals surface area contributed by atoms with Crippen LogP contribution in [0.1, 0.15) is 13.3 Å². The normalized spacial score (nSPS) is 14.1. The first kappa shape index (κ1) is 17.9. The molecule has 114 valence electrons. The summed E-state index contributed by atoms with van der Waals surface area (Å²) in [5.74, 6) is 1.60. The fraction of sp³-hybridized carbons (Fsp3) is 0.571. The molecule has 0 saturated carbocycles. The molecule has 0 radical (unpaired) electrons. The maximum atomic E-state index is 9.88. The number of nitrogens with one attached hydrogen (secondary N) is 1. The van der Waals surface area contributed by atoms with E-state index in [-0.39, 0.29) is 6.61 Å². The number of thioether (sulfide) groups is 1. The maximum Gasteiger partial charge on any atom is 0.139 e. The number of hydrogen-bond acceptors (Lipinski definition) is 4. The van der Waals surface area contributed by atoms with Gasteiger partial charge in [0.1, 0.15) is 18.5 Å². The molecule has 20 heavy (non-hydrogen) atoms. The van der Waals surface area contributed by atoms with E-state index < -0.39 is 6.10 Å². The van der Waals surface area contributed by atoms with Gasteiger partial charge in [-0.05, 0) is 37.5 Å². The van der Waals surface area contributed by atoms with Crippen molar-refractivity contribution in [3.63, 3.8) is 0 Å². The molecule has 0 aromatic heterocycles. The van der Waals surface area contributed by atoms with Crippen LogP contribution in [0.4, 0.5) is 0 Å². The highest BCUT2D eigenvalue weighted by Gasteiger charge is 2.09. The number of aliphatic hydroxyl groups is 1. The minimum Gasteiger partial charge on any atom is -0.489 e. The van der Waals surface area contributed by atoms with Gasteiger partial charge in [-0.15, -0.1) is 0 Å². The van der Waals surface area contributed by atoms with E-state index in [2.05, 4.69) is 18.5 Å². The molecule has 2 atom stereocenters. The minimum atomic E-state index is -0.582. The van der Waals surface area contributed by atoms with Gasteiger partial charge in [-0.25, -0.2) is 0 Å². The Balaban J connectivity index is 2.29. The maximum absolute atomic E-state index is 9.88. The van der Waals surface area contributed by atoms with Gasteiger partial charge in [-0.3, -0.25) is 0 Å². The van der Waals surface area contributed by atoms with Gasteiger partial charge in [-0.2, -0.15) is 11.8 Å². The van der Waals surface area contributed by atoms with Crippen LogP contribution >= 0.6 is 35.0 Å².